The second-order valence-electron chi connectivity index (χ2n) is 14.0. The summed E-state index contributed by atoms with van der Waals surface area (Å²) in [6.45, 7) is 15.8. The zero-order valence-corrected chi connectivity index (χ0v) is 30.3. The van der Waals surface area contributed by atoms with E-state index in [9.17, 15) is 19.2 Å². The lowest BCUT2D eigenvalue weighted by Crippen LogP contribution is -2.58. The van der Waals surface area contributed by atoms with Crippen LogP contribution in [0, 0.1) is 11.3 Å². The van der Waals surface area contributed by atoms with Crippen LogP contribution in [0.2, 0.25) is 0 Å². The highest BCUT2D eigenvalue weighted by Crippen LogP contribution is 2.30. The fourth-order valence-corrected chi connectivity index (χ4v) is 7.16. The van der Waals surface area contributed by atoms with E-state index in [4.69, 9.17) is 10.5 Å². The summed E-state index contributed by atoms with van der Waals surface area (Å²) in [7, 11) is 0. The maximum atomic E-state index is 13.7. The van der Waals surface area contributed by atoms with E-state index in [0.717, 1.165) is 54.7 Å². The Morgan fingerprint density at radius 3 is 2.50 bits per heavy atom. The molecule has 13 heteroatoms. The number of carbonyl (C=O) groups excluding carboxylic acids is 4. The molecule has 3 amide bonds. The van der Waals surface area contributed by atoms with E-state index in [0.29, 0.717) is 5.92 Å². The first-order valence-electron chi connectivity index (χ1n) is 16.6. The fraction of sp³-hybridized carbons (Fsp3) is 0.571. The normalized spacial score (nSPS) is 20.2. The maximum Gasteiger partial charge on any atom is 0.302 e. The molecule has 0 aliphatic carbocycles. The molecular weight excluding hydrogens is 678 g/mol. The van der Waals surface area contributed by atoms with Gasteiger partial charge in [0.1, 0.15) is 18.2 Å². The highest BCUT2D eigenvalue weighted by atomic mass is 79.9. The van der Waals surface area contributed by atoms with E-state index in [1.54, 1.807) is 12.5 Å². The number of esters is 1. The number of amides is 3. The smallest absolute Gasteiger partial charge is 0.302 e. The SMILES string of the molecule is C=CC(C)N(CCC1CCN(CC(=O)N[C@H](C(=O)N2C[C@H](OC(C)=O)C[C@H]2C(N)=O)C(C)(C)C)CC1)c1ccc(-n2ccnc2)c(Br)c1. The molecule has 12 nitrogen and oxygen atoms in total. The van der Waals surface area contributed by atoms with Crippen LogP contribution in [0.1, 0.15) is 60.3 Å². The number of halogens is 1. The largest absolute Gasteiger partial charge is 0.461 e. The number of imidazole rings is 1. The zero-order valence-electron chi connectivity index (χ0n) is 28.7. The number of nitrogens with two attached hydrogens (primary N) is 1. The number of carbonyl (C=O) groups is 4. The van der Waals surface area contributed by atoms with E-state index in [2.05, 4.69) is 67.7 Å². The van der Waals surface area contributed by atoms with Crippen LogP contribution in [0.25, 0.3) is 5.69 Å². The van der Waals surface area contributed by atoms with Crippen molar-refractivity contribution in [2.24, 2.45) is 17.1 Å². The molecule has 2 saturated heterocycles. The Kier molecular flexibility index (Phi) is 12.5. The molecule has 1 aromatic carbocycles. The van der Waals surface area contributed by atoms with Crippen molar-refractivity contribution in [1.82, 2.24) is 24.7 Å². The Labute approximate surface area is 292 Å². The number of aromatic nitrogens is 2. The predicted octanol–water partition coefficient (Wildman–Crippen LogP) is 3.67. The lowest BCUT2D eigenvalue weighted by Gasteiger charge is -2.37. The number of benzene rings is 1. The Morgan fingerprint density at radius 2 is 1.94 bits per heavy atom. The van der Waals surface area contributed by atoms with Gasteiger partial charge in [0.25, 0.3) is 0 Å². The van der Waals surface area contributed by atoms with Gasteiger partial charge in [0.2, 0.25) is 17.7 Å². The monoisotopic (exact) mass is 727 g/mol. The summed E-state index contributed by atoms with van der Waals surface area (Å²) >= 11 is 3.74. The third-order valence-electron chi connectivity index (χ3n) is 9.36. The maximum absolute atomic E-state index is 13.7. The van der Waals surface area contributed by atoms with Crippen LogP contribution in [-0.4, -0.2) is 100.0 Å². The number of nitrogens with one attached hydrogen (secondary N) is 1. The molecule has 48 heavy (non-hydrogen) atoms. The average molecular weight is 729 g/mol. The summed E-state index contributed by atoms with van der Waals surface area (Å²) in [5.74, 6) is -1.29. The first-order valence-corrected chi connectivity index (χ1v) is 17.4. The molecule has 2 fully saturated rings. The van der Waals surface area contributed by atoms with Gasteiger partial charge in [-0.15, -0.1) is 6.58 Å². The average Bonchev–Trinajstić information content (AvgIpc) is 3.70. The van der Waals surface area contributed by atoms with Crippen LogP contribution in [-0.2, 0) is 23.9 Å². The number of hydrogen-bond donors (Lipinski definition) is 2. The molecule has 0 bridgehead atoms. The van der Waals surface area contributed by atoms with Gasteiger partial charge in [0, 0.05) is 48.5 Å². The van der Waals surface area contributed by atoms with Gasteiger partial charge in [-0.1, -0.05) is 26.8 Å². The van der Waals surface area contributed by atoms with Crippen LogP contribution in [0.5, 0.6) is 0 Å². The Bertz CT molecular complexity index is 1450. The summed E-state index contributed by atoms with van der Waals surface area (Å²) < 4.78 is 8.23. The predicted molar refractivity (Wildman–Crippen MR) is 188 cm³/mol. The van der Waals surface area contributed by atoms with Gasteiger partial charge in [0.15, 0.2) is 0 Å². The lowest BCUT2D eigenvalue weighted by molar-refractivity contribution is -0.147. The summed E-state index contributed by atoms with van der Waals surface area (Å²) in [6.07, 6.45) is 9.90. The molecule has 4 atom stereocenters. The first-order chi connectivity index (χ1) is 22.7. The van der Waals surface area contributed by atoms with E-state index >= 15 is 0 Å². The number of anilines is 1. The Balaban J connectivity index is 1.31. The van der Waals surface area contributed by atoms with Crippen LogP contribution in [0.15, 0.2) is 54.0 Å². The van der Waals surface area contributed by atoms with Gasteiger partial charge < -0.3 is 30.2 Å². The molecular formula is C35H50BrN7O5. The zero-order chi connectivity index (χ0) is 35.2. The number of primary amides is 1. The molecule has 3 heterocycles. The molecule has 2 aromatic rings. The minimum absolute atomic E-state index is 0.0546. The van der Waals surface area contributed by atoms with E-state index in [-0.39, 0.29) is 31.5 Å². The Morgan fingerprint density at radius 1 is 1.23 bits per heavy atom. The summed E-state index contributed by atoms with van der Waals surface area (Å²) in [4.78, 5) is 60.7. The van der Waals surface area contributed by atoms with Crippen molar-refractivity contribution < 1.29 is 23.9 Å². The van der Waals surface area contributed by atoms with Gasteiger partial charge in [0.05, 0.1) is 25.1 Å². The first kappa shape index (κ1) is 37.1. The molecule has 1 unspecified atom stereocenters. The second kappa shape index (κ2) is 16.1. The number of nitrogens with zero attached hydrogens (tertiary/aromatic N) is 5. The molecule has 0 radical (unpaired) electrons. The highest BCUT2D eigenvalue weighted by molar-refractivity contribution is 9.10. The third kappa shape index (κ3) is 9.46. The molecule has 1 aromatic heterocycles. The highest BCUT2D eigenvalue weighted by Gasteiger charge is 2.45. The Hall–Kier alpha value is -3.71. The quantitative estimate of drug-likeness (QED) is 0.235. The van der Waals surface area contributed by atoms with E-state index in [1.807, 2.05) is 37.6 Å². The molecule has 0 spiro atoms. The van der Waals surface area contributed by atoms with Crippen molar-refractivity contribution in [3.8, 4) is 5.69 Å². The molecule has 2 aliphatic heterocycles. The number of ether oxygens (including phenoxy) is 1. The van der Waals surface area contributed by atoms with Crippen LogP contribution in [0.3, 0.4) is 0 Å². The summed E-state index contributed by atoms with van der Waals surface area (Å²) in [5, 5.41) is 2.95. The van der Waals surface area contributed by atoms with Crippen LogP contribution in [0.4, 0.5) is 5.69 Å². The van der Waals surface area contributed by atoms with Gasteiger partial charge in [-0.3, -0.25) is 24.1 Å². The lowest BCUT2D eigenvalue weighted by atomic mass is 9.85. The molecule has 3 N–H and O–H groups in total. The van der Waals surface area contributed by atoms with Crippen molar-refractivity contribution in [2.45, 2.75) is 84.5 Å². The van der Waals surface area contributed by atoms with E-state index < -0.39 is 41.4 Å². The summed E-state index contributed by atoms with van der Waals surface area (Å²) in [5.41, 5.74) is 7.11. The molecule has 2 aliphatic rings. The number of hydrogen-bond acceptors (Lipinski definition) is 8. The van der Waals surface area contributed by atoms with Crippen LogP contribution < -0.4 is 16.0 Å². The number of likely N-dealkylation sites (tertiary alicyclic amines) is 2. The van der Waals surface area contributed by atoms with Crippen molar-refractivity contribution in [1.29, 1.82) is 0 Å². The third-order valence-corrected chi connectivity index (χ3v) is 9.99. The fourth-order valence-electron chi connectivity index (χ4n) is 6.59. The van der Waals surface area contributed by atoms with Crippen LogP contribution >= 0.6 is 15.9 Å². The second-order valence-corrected chi connectivity index (χ2v) is 14.9. The molecule has 0 saturated carbocycles. The van der Waals surface area contributed by atoms with Crippen molar-refractivity contribution >= 4 is 45.3 Å². The minimum Gasteiger partial charge on any atom is -0.461 e. The van der Waals surface area contributed by atoms with Gasteiger partial charge in [-0.25, -0.2) is 4.98 Å². The van der Waals surface area contributed by atoms with Crippen molar-refractivity contribution in [3.63, 3.8) is 0 Å². The molecule has 4 rings (SSSR count). The number of piperidine rings is 1. The number of rotatable bonds is 13. The van der Waals surface area contributed by atoms with E-state index in [1.165, 1.54) is 11.8 Å². The standard InChI is InChI=1S/C35H50BrN7O5/c1-7-23(2)42(26-8-9-29(28(36)18-26)41-17-13-38-22-41)16-12-25-10-14-40(15-11-25)21-31(45)39-32(35(4,5)6)34(47)43-20-27(48-24(3)44)19-30(43)33(37)46/h7-9,13,17-18,22-23,25,27,30,32H,1,10-12,14-16,19-21H2,2-6H3,(H2,37,46)(H,39,45)/t23?,27-,30+,32-/m1/s1. The topological polar surface area (TPSA) is 143 Å². The van der Waals surface area contributed by atoms with Crippen molar-refractivity contribution in [2.75, 3.05) is 37.6 Å². The van der Waals surface area contributed by atoms with Crippen molar-refractivity contribution in [3.05, 3.63) is 54.0 Å². The van der Waals surface area contributed by atoms with Gasteiger partial charge in [-0.2, -0.15) is 0 Å². The molecule has 262 valence electrons. The van der Waals surface area contributed by atoms with Gasteiger partial charge in [-0.05, 0) is 84.7 Å². The summed E-state index contributed by atoms with van der Waals surface area (Å²) in [6, 6.07) is 4.73. The minimum atomic E-state index is -0.906. The van der Waals surface area contributed by atoms with Gasteiger partial charge >= 0.3 is 5.97 Å².